The van der Waals surface area contributed by atoms with E-state index in [1.54, 1.807) is 43.5 Å². The molecule has 182 valence electrons. The summed E-state index contributed by atoms with van der Waals surface area (Å²) in [5.74, 6) is -0.338. The van der Waals surface area contributed by atoms with Gasteiger partial charge in [-0.05, 0) is 55.3 Å². The van der Waals surface area contributed by atoms with Gasteiger partial charge in [0.05, 0.1) is 18.7 Å². The standard InChI is InChI=1S/C26H23Cl2NO6.Na/c1-33-22-4-2-3-20(27)18(22)9-11-29-25(30)15-5-7-16(8-6-15)35-24-14-23-19(13-21(24)28)17(26(31)32)10-12-34-23;/h2-8,13-14,17H,9-12H2,1H3,(H,29,30)(H,31,32);/q;+1/p-1. The summed E-state index contributed by atoms with van der Waals surface area (Å²) in [6.45, 7) is 0.647. The van der Waals surface area contributed by atoms with Gasteiger partial charge in [-0.1, -0.05) is 29.3 Å². The van der Waals surface area contributed by atoms with Crippen molar-refractivity contribution in [1.29, 1.82) is 0 Å². The molecule has 0 saturated carbocycles. The zero-order chi connectivity index (χ0) is 24.9. The first-order chi connectivity index (χ1) is 16.9. The Bertz CT molecular complexity index is 1250. The van der Waals surface area contributed by atoms with E-state index in [1.165, 1.54) is 6.07 Å². The molecule has 1 atom stereocenters. The summed E-state index contributed by atoms with van der Waals surface area (Å²) in [6.07, 6.45) is 0.842. The number of carbonyl (C=O) groups excluding carboxylic acids is 2. The van der Waals surface area contributed by atoms with Gasteiger partial charge < -0.3 is 29.4 Å². The molecule has 10 heteroatoms. The third kappa shape index (κ3) is 6.47. The molecule has 0 radical (unpaired) electrons. The molecule has 0 spiro atoms. The number of carboxylic acids is 1. The van der Waals surface area contributed by atoms with Crippen LogP contribution in [-0.4, -0.2) is 32.1 Å². The van der Waals surface area contributed by atoms with Gasteiger partial charge in [-0.15, -0.1) is 0 Å². The fraction of sp³-hybridized carbons (Fsp3) is 0.231. The third-order valence-corrected chi connectivity index (χ3v) is 6.34. The second-order valence-corrected chi connectivity index (χ2v) is 8.70. The van der Waals surface area contributed by atoms with E-state index in [-0.39, 0.29) is 47.1 Å². The summed E-state index contributed by atoms with van der Waals surface area (Å²) >= 11 is 12.6. The minimum absolute atomic E-state index is 0. The summed E-state index contributed by atoms with van der Waals surface area (Å²) in [4.78, 5) is 23.9. The Morgan fingerprint density at radius 1 is 1.08 bits per heavy atom. The summed E-state index contributed by atoms with van der Waals surface area (Å²) in [7, 11) is 1.58. The van der Waals surface area contributed by atoms with E-state index in [0.29, 0.717) is 58.5 Å². The maximum atomic E-state index is 12.5. The molecular formula is C26H22Cl2NNaO6. The van der Waals surface area contributed by atoms with E-state index in [9.17, 15) is 14.7 Å². The van der Waals surface area contributed by atoms with Gasteiger partial charge in [0.1, 0.15) is 23.0 Å². The fourth-order valence-electron chi connectivity index (χ4n) is 3.89. The number of ether oxygens (including phenoxy) is 3. The average molecular weight is 538 g/mol. The first kappa shape index (κ1) is 28.2. The van der Waals surface area contributed by atoms with Gasteiger partial charge in [-0.25, -0.2) is 0 Å². The van der Waals surface area contributed by atoms with Crippen LogP contribution >= 0.6 is 23.2 Å². The van der Waals surface area contributed by atoms with Crippen LogP contribution in [0.3, 0.4) is 0 Å². The van der Waals surface area contributed by atoms with Gasteiger partial charge in [0.2, 0.25) is 0 Å². The number of halogens is 2. The van der Waals surface area contributed by atoms with Crippen molar-refractivity contribution in [3.63, 3.8) is 0 Å². The van der Waals surface area contributed by atoms with Crippen LogP contribution in [-0.2, 0) is 11.2 Å². The molecule has 0 aliphatic carbocycles. The van der Waals surface area contributed by atoms with Gasteiger partial charge >= 0.3 is 29.6 Å². The van der Waals surface area contributed by atoms with E-state index in [1.807, 2.05) is 12.1 Å². The van der Waals surface area contributed by atoms with Crippen molar-refractivity contribution in [2.75, 3.05) is 20.3 Å². The molecule has 1 N–H and O–H groups in total. The smallest absolute Gasteiger partial charge is 0.549 e. The van der Waals surface area contributed by atoms with E-state index in [4.69, 9.17) is 37.4 Å². The summed E-state index contributed by atoms with van der Waals surface area (Å²) in [6, 6.07) is 15.1. The van der Waals surface area contributed by atoms with Crippen molar-refractivity contribution in [2.24, 2.45) is 0 Å². The molecule has 1 aliphatic rings. The topological polar surface area (TPSA) is 96.9 Å². The van der Waals surface area contributed by atoms with Crippen LogP contribution in [0.15, 0.2) is 54.6 Å². The molecule has 36 heavy (non-hydrogen) atoms. The Labute approximate surface area is 240 Å². The van der Waals surface area contributed by atoms with Crippen LogP contribution in [0.25, 0.3) is 0 Å². The second-order valence-electron chi connectivity index (χ2n) is 7.88. The molecule has 4 rings (SSSR count). The van der Waals surface area contributed by atoms with Gasteiger partial charge in [0, 0.05) is 46.2 Å². The van der Waals surface area contributed by atoms with Crippen LogP contribution in [0.2, 0.25) is 10.0 Å². The quantitative estimate of drug-likeness (QED) is 0.436. The number of carboxylic acid groups (broad SMARTS) is 1. The molecular weight excluding hydrogens is 516 g/mol. The second kappa shape index (κ2) is 12.7. The monoisotopic (exact) mass is 537 g/mol. The first-order valence-electron chi connectivity index (χ1n) is 10.9. The zero-order valence-corrected chi connectivity index (χ0v) is 23.3. The fourth-order valence-corrected chi connectivity index (χ4v) is 4.36. The van der Waals surface area contributed by atoms with Crippen molar-refractivity contribution in [3.05, 3.63) is 81.3 Å². The van der Waals surface area contributed by atoms with Gasteiger partial charge in [0.25, 0.3) is 5.91 Å². The van der Waals surface area contributed by atoms with Crippen LogP contribution in [0.4, 0.5) is 0 Å². The Kier molecular flexibility index (Phi) is 9.93. The van der Waals surface area contributed by atoms with Gasteiger partial charge in [0.15, 0.2) is 0 Å². The van der Waals surface area contributed by atoms with Crippen molar-refractivity contribution in [3.8, 4) is 23.0 Å². The van der Waals surface area contributed by atoms with Crippen LogP contribution < -0.4 is 54.2 Å². The number of hydrogen-bond donors (Lipinski definition) is 1. The van der Waals surface area contributed by atoms with Crippen molar-refractivity contribution in [1.82, 2.24) is 5.32 Å². The Hall–Kier alpha value is -2.42. The van der Waals surface area contributed by atoms with Crippen LogP contribution in [0.5, 0.6) is 23.0 Å². The average Bonchev–Trinajstić information content (AvgIpc) is 2.85. The molecule has 0 fully saturated rings. The minimum Gasteiger partial charge on any atom is -0.549 e. The predicted molar refractivity (Wildman–Crippen MR) is 130 cm³/mol. The van der Waals surface area contributed by atoms with Gasteiger partial charge in [-0.2, -0.15) is 0 Å². The number of carbonyl (C=O) groups is 2. The van der Waals surface area contributed by atoms with E-state index in [0.717, 1.165) is 5.56 Å². The summed E-state index contributed by atoms with van der Waals surface area (Å²) in [5.41, 5.74) is 1.76. The molecule has 1 heterocycles. The number of fused-ring (bicyclic) bond motifs is 1. The van der Waals surface area contributed by atoms with Crippen LogP contribution in [0, 0.1) is 0 Å². The maximum absolute atomic E-state index is 12.5. The number of aliphatic carboxylic acids is 1. The molecule has 3 aromatic rings. The molecule has 0 aromatic heterocycles. The summed E-state index contributed by atoms with van der Waals surface area (Å²) in [5, 5.41) is 15.1. The number of benzene rings is 3. The van der Waals surface area contributed by atoms with Crippen molar-refractivity contribution in [2.45, 2.75) is 18.8 Å². The van der Waals surface area contributed by atoms with E-state index < -0.39 is 11.9 Å². The summed E-state index contributed by atoms with van der Waals surface area (Å²) < 4.78 is 16.8. The Morgan fingerprint density at radius 2 is 1.83 bits per heavy atom. The number of methoxy groups -OCH3 is 1. The Morgan fingerprint density at radius 3 is 2.53 bits per heavy atom. The van der Waals surface area contributed by atoms with Crippen molar-refractivity contribution >= 4 is 35.1 Å². The molecule has 1 unspecified atom stereocenters. The number of hydrogen-bond acceptors (Lipinski definition) is 6. The van der Waals surface area contributed by atoms with Crippen molar-refractivity contribution < 1.29 is 58.5 Å². The van der Waals surface area contributed by atoms with Gasteiger partial charge in [-0.3, -0.25) is 4.79 Å². The molecule has 1 aliphatic heterocycles. The maximum Gasteiger partial charge on any atom is 1.00 e. The minimum atomic E-state index is -1.17. The molecule has 7 nitrogen and oxygen atoms in total. The predicted octanol–water partition coefficient (Wildman–Crippen LogP) is 1.39. The molecule has 0 saturated heterocycles. The molecule has 0 bridgehead atoms. The Balaban J connectivity index is 0.00000361. The number of rotatable bonds is 8. The third-order valence-electron chi connectivity index (χ3n) is 5.69. The normalized spacial score (nSPS) is 14.0. The zero-order valence-electron chi connectivity index (χ0n) is 19.8. The SMILES string of the molecule is COc1cccc(Cl)c1CCNC(=O)c1ccc(Oc2cc3c(cc2Cl)C(C(=O)[O-])CCO3)cc1.[Na+]. The largest absolute Gasteiger partial charge is 1.00 e. The number of amides is 1. The molecule has 1 amide bonds. The van der Waals surface area contributed by atoms with Crippen LogP contribution in [0.1, 0.15) is 33.8 Å². The van der Waals surface area contributed by atoms with E-state index in [2.05, 4.69) is 5.32 Å². The number of nitrogens with one attached hydrogen (secondary N) is 1. The molecule has 3 aromatic carbocycles. The van der Waals surface area contributed by atoms with E-state index >= 15 is 0 Å². The first-order valence-corrected chi connectivity index (χ1v) is 11.7.